The summed E-state index contributed by atoms with van der Waals surface area (Å²) >= 11 is 0. The van der Waals surface area contributed by atoms with Gasteiger partial charge in [0.15, 0.2) is 11.5 Å². The van der Waals surface area contributed by atoms with Crippen molar-refractivity contribution in [3.63, 3.8) is 0 Å². The predicted molar refractivity (Wildman–Crippen MR) is 96.9 cm³/mol. The lowest BCUT2D eigenvalue weighted by atomic mass is 9.90. The number of hydrogen-bond acceptors (Lipinski definition) is 5. The molecule has 0 spiro atoms. The molecule has 0 bridgehead atoms. The lowest BCUT2D eigenvalue weighted by Crippen LogP contribution is -2.23. The molecule has 1 aliphatic carbocycles. The Bertz CT molecular complexity index is 895. The second kappa shape index (κ2) is 7.02. The van der Waals surface area contributed by atoms with Gasteiger partial charge >= 0.3 is 5.97 Å². The minimum atomic E-state index is -0.539. The Hall–Kier alpha value is -2.50. The highest BCUT2D eigenvalue weighted by atomic mass is 16.7. The van der Waals surface area contributed by atoms with E-state index < -0.39 is 5.97 Å². The maximum atomic E-state index is 12.9. The van der Waals surface area contributed by atoms with Crippen LogP contribution in [-0.4, -0.2) is 23.9 Å². The van der Waals surface area contributed by atoms with Gasteiger partial charge in [0.25, 0.3) is 0 Å². The fourth-order valence-corrected chi connectivity index (χ4v) is 3.81. The van der Waals surface area contributed by atoms with Gasteiger partial charge in [-0.25, -0.2) is 4.79 Å². The van der Waals surface area contributed by atoms with E-state index in [1.54, 1.807) is 18.3 Å². The lowest BCUT2D eigenvalue weighted by molar-refractivity contribution is 0.0408. The van der Waals surface area contributed by atoms with E-state index in [9.17, 15) is 9.59 Å². The molecule has 6 heteroatoms. The molecule has 0 unspecified atom stereocenters. The number of benzene rings is 1. The summed E-state index contributed by atoms with van der Waals surface area (Å²) < 4.78 is 18.1. The summed E-state index contributed by atoms with van der Waals surface area (Å²) in [5, 5.41) is 0.447. The number of fused-ring (bicyclic) bond motifs is 2. The molecule has 6 nitrogen and oxygen atoms in total. The zero-order chi connectivity index (χ0) is 18.1. The van der Waals surface area contributed by atoms with E-state index in [1.165, 1.54) is 19.3 Å². The fourth-order valence-electron chi connectivity index (χ4n) is 3.81. The second-order valence-electron chi connectivity index (χ2n) is 6.98. The van der Waals surface area contributed by atoms with Gasteiger partial charge in [0.2, 0.25) is 12.2 Å². The summed E-state index contributed by atoms with van der Waals surface area (Å²) in [5.74, 6) is 1.02. The number of carbonyl (C=O) groups is 1. The van der Waals surface area contributed by atoms with Crippen LogP contribution >= 0.6 is 0 Å². The highest BCUT2D eigenvalue weighted by Crippen LogP contribution is 2.35. The van der Waals surface area contributed by atoms with Crippen LogP contribution in [0.4, 0.5) is 0 Å². The minimum absolute atomic E-state index is 0.0778. The topological polar surface area (TPSA) is 66.8 Å². The third-order valence-electron chi connectivity index (χ3n) is 5.31. The molecule has 0 atom stereocenters. The van der Waals surface area contributed by atoms with Gasteiger partial charge in [-0.1, -0.05) is 19.3 Å². The number of aryl methyl sites for hydroxylation is 1. The molecule has 1 saturated carbocycles. The Balaban J connectivity index is 1.66. The average molecular weight is 357 g/mol. The first-order valence-electron chi connectivity index (χ1n) is 9.31. The van der Waals surface area contributed by atoms with Crippen molar-refractivity contribution in [2.45, 2.75) is 45.6 Å². The van der Waals surface area contributed by atoms with Crippen LogP contribution in [0.2, 0.25) is 0 Å². The average Bonchev–Trinajstić information content (AvgIpc) is 3.13. The monoisotopic (exact) mass is 357 g/mol. The van der Waals surface area contributed by atoms with Gasteiger partial charge in [0.1, 0.15) is 5.56 Å². The molecule has 4 rings (SSSR count). The van der Waals surface area contributed by atoms with Crippen LogP contribution in [0.25, 0.3) is 10.9 Å². The molecule has 0 N–H and O–H groups in total. The number of hydrogen-bond donors (Lipinski definition) is 0. The first-order chi connectivity index (χ1) is 12.7. The molecular formula is C20H23NO5. The molecule has 0 saturated heterocycles. The largest absolute Gasteiger partial charge is 0.462 e. The number of nitrogens with zero attached hydrogens (tertiary/aromatic N) is 1. The summed E-state index contributed by atoms with van der Waals surface area (Å²) in [6.45, 7) is 3.12. The van der Waals surface area contributed by atoms with E-state index in [2.05, 4.69) is 0 Å². The molecule has 1 aliphatic heterocycles. The number of ether oxygens (including phenoxy) is 3. The summed E-state index contributed by atoms with van der Waals surface area (Å²) in [7, 11) is 0. The van der Waals surface area contributed by atoms with Gasteiger partial charge < -0.3 is 18.8 Å². The number of esters is 1. The summed E-state index contributed by atoms with van der Waals surface area (Å²) in [5.41, 5.74) is 0.483. The summed E-state index contributed by atoms with van der Waals surface area (Å²) in [6.07, 6.45) is 7.41. The van der Waals surface area contributed by atoms with Crippen molar-refractivity contribution in [1.82, 2.24) is 4.57 Å². The quantitative estimate of drug-likeness (QED) is 0.784. The molecule has 2 aromatic rings. The van der Waals surface area contributed by atoms with Gasteiger partial charge in [-0.2, -0.15) is 0 Å². The van der Waals surface area contributed by atoms with Gasteiger partial charge in [-0.05, 0) is 31.7 Å². The van der Waals surface area contributed by atoms with E-state index in [0.29, 0.717) is 36.0 Å². The summed E-state index contributed by atoms with van der Waals surface area (Å²) in [4.78, 5) is 25.4. The molecule has 0 amide bonds. The zero-order valence-corrected chi connectivity index (χ0v) is 15.0. The third kappa shape index (κ3) is 3.04. The normalized spacial score (nSPS) is 16.8. The predicted octanol–water partition coefficient (Wildman–Crippen LogP) is 3.49. The Labute approximate surface area is 151 Å². The standard InChI is InChI=1S/C20H23NO5/c1-2-21-10-15(20(23)24-11-13-6-4-3-5-7-13)19(22)14-8-17-18(9-16(14)21)26-12-25-17/h8-10,13H,2-7,11-12H2,1H3. The van der Waals surface area contributed by atoms with Crippen LogP contribution in [0.1, 0.15) is 49.4 Å². The molecule has 138 valence electrons. The SMILES string of the molecule is CCn1cc(C(=O)OCC2CCCCC2)c(=O)c2cc3c(cc21)OCO3. The van der Waals surface area contributed by atoms with Crippen LogP contribution < -0.4 is 14.9 Å². The number of aromatic nitrogens is 1. The number of pyridine rings is 1. The van der Waals surface area contributed by atoms with Gasteiger partial charge in [-0.3, -0.25) is 4.79 Å². The van der Waals surface area contributed by atoms with Crippen molar-refractivity contribution in [1.29, 1.82) is 0 Å². The van der Waals surface area contributed by atoms with Crippen LogP contribution in [-0.2, 0) is 11.3 Å². The molecule has 2 heterocycles. The second-order valence-corrected chi connectivity index (χ2v) is 6.98. The molecule has 1 aromatic carbocycles. The van der Waals surface area contributed by atoms with Crippen LogP contribution in [0.5, 0.6) is 11.5 Å². The van der Waals surface area contributed by atoms with E-state index in [4.69, 9.17) is 14.2 Å². The maximum Gasteiger partial charge on any atom is 0.343 e. The van der Waals surface area contributed by atoms with Crippen molar-refractivity contribution in [3.8, 4) is 11.5 Å². The Morgan fingerprint density at radius 1 is 1.19 bits per heavy atom. The number of carbonyl (C=O) groups excluding carboxylic acids is 1. The smallest absolute Gasteiger partial charge is 0.343 e. The first-order valence-corrected chi connectivity index (χ1v) is 9.31. The highest BCUT2D eigenvalue weighted by molar-refractivity contribution is 5.94. The first kappa shape index (κ1) is 16.9. The Kier molecular flexibility index (Phi) is 4.57. The van der Waals surface area contributed by atoms with Crippen molar-refractivity contribution in [2.24, 2.45) is 5.92 Å². The van der Waals surface area contributed by atoms with Gasteiger partial charge in [0.05, 0.1) is 17.5 Å². The minimum Gasteiger partial charge on any atom is -0.462 e. The Morgan fingerprint density at radius 3 is 2.65 bits per heavy atom. The van der Waals surface area contributed by atoms with E-state index in [1.807, 2.05) is 11.5 Å². The molecular weight excluding hydrogens is 334 g/mol. The Morgan fingerprint density at radius 2 is 1.92 bits per heavy atom. The molecule has 1 aromatic heterocycles. The van der Waals surface area contributed by atoms with Crippen molar-refractivity contribution >= 4 is 16.9 Å². The maximum absolute atomic E-state index is 12.9. The molecule has 26 heavy (non-hydrogen) atoms. The molecule has 2 aliphatic rings. The van der Waals surface area contributed by atoms with E-state index in [0.717, 1.165) is 18.4 Å². The molecule has 1 fully saturated rings. The van der Waals surface area contributed by atoms with Crippen molar-refractivity contribution < 1.29 is 19.0 Å². The van der Waals surface area contributed by atoms with E-state index >= 15 is 0 Å². The molecule has 0 radical (unpaired) electrons. The number of rotatable bonds is 4. The van der Waals surface area contributed by atoms with E-state index in [-0.39, 0.29) is 17.8 Å². The van der Waals surface area contributed by atoms with Crippen molar-refractivity contribution in [3.05, 3.63) is 34.1 Å². The lowest BCUT2D eigenvalue weighted by Gasteiger charge is -2.21. The van der Waals surface area contributed by atoms with Crippen LogP contribution in [0, 0.1) is 5.92 Å². The van der Waals surface area contributed by atoms with Crippen LogP contribution in [0.3, 0.4) is 0 Å². The third-order valence-corrected chi connectivity index (χ3v) is 5.31. The van der Waals surface area contributed by atoms with Crippen LogP contribution in [0.15, 0.2) is 23.1 Å². The fraction of sp³-hybridized carbons (Fsp3) is 0.500. The van der Waals surface area contributed by atoms with Crippen molar-refractivity contribution in [2.75, 3.05) is 13.4 Å². The summed E-state index contributed by atoms with van der Waals surface area (Å²) in [6, 6.07) is 3.45. The zero-order valence-electron chi connectivity index (χ0n) is 15.0. The van der Waals surface area contributed by atoms with Gasteiger partial charge in [0, 0.05) is 18.8 Å². The highest BCUT2D eigenvalue weighted by Gasteiger charge is 2.22. The van der Waals surface area contributed by atoms with Gasteiger partial charge in [-0.15, -0.1) is 0 Å².